The fourth-order valence-corrected chi connectivity index (χ4v) is 4.69. The first-order valence-electron chi connectivity index (χ1n) is 9.17. The highest BCUT2D eigenvalue weighted by molar-refractivity contribution is 5.85. The average molecular weight is 326 g/mol. The third-order valence-corrected chi connectivity index (χ3v) is 6.05. The maximum absolute atomic E-state index is 9.98. The van der Waals surface area contributed by atoms with E-state index >= 15 is 0 Å². The van der Waals surface area contributed by atoms with Crippen molar-refractivity contribution in [3.05, 3.63) is 48.0 Å². The van der Waals surface area contributed by atoms with Gasteiger partial charge < -0.3 is 9.84 Å². The van der Waals surface area contributed by atoms with E-state index in [1.165, 1.54) is 29.2 Å². The van der Waals surface area contributed by atoms with Crippen LogP contribution in [0.3, 0.4) is 0 Å². The number of ether oxygens (including phenoxy) is 1. The molecule has 0 spiro atoms. The van der Waals surface area contributed by atoms with E-state index in [9.17, 15) is 5.11 Å². The molecule has 2 aromatic carbocycles. The van der Waals surface area contributed by atoms with Crippen LogP contribution in [-0.2, 0) is 11.2 Å². The van der Waals surface area contributed by atoms with E-state index in [4.69, 9.17) is 4.74 Å². The van der Waals surface area contributed by atoms with Crippen LogP contribution in [0, 0.1) is 17.3 Å². The van der Waals surface area contributed by atoms with Crippen LogP contribution in [0.25, 0.3) is 10.8 Å². The van der Waals surface area contributed by atoms with Gasteiger partial charge in [0.15, 0.2) is 0 Å². The number of fused-ring (bicyclic) bond motifs is 1. The van der Waals surface area contributed by atoms with Gasteiger partial charge >= 0.3 is 0 Å². The molecule has 0 saturated heterocycles. The van der Waals surface area contributed by atoms with Gasteiger partial charge in [-0.3, -0.25) is 0 Å². The number of rotatable bonds is 5. The third-order valence-electron chi connectivity index (χ3n) is 6.05. The van der Waals surface area contributed by atoms with Crippen molar-refractivity contribution in [3.8, 4) is 0 Å². The largest absolute Gasteiger partial charge is 0.396 e. The smallest absolute Gasteiger partial charge is 0.0674 e. The van der Waals surface area contributed by atoms with Crippen molar-refractivity contribution in [1.82, 2.24) is 0 Å². The number of hydrogen-bond acceptors (Lipinski definition) is 2. The number of hydrogen-bond donors (Lipinski definition) is 1. The Morgan fingerprint density at radius 2 is 1.88 bits per heavy atom. The van der Waals surface area contributed by atoms with Crippen LogP contribution in [0.5, 0.6) is 0 Å². The molecule has 1 aliphatic rings. The summed E-state index contributed by atoms with van der Waals surface area (Å²) >= 11 is 0. The van der Waals surface area contributed by atoms with Crippen LogP contribution in [-0.4, -0.2) is 24.9 Å². The van der Waals surface area contributed by atoms with Crippen molar-refractivity contribution >= 4 is 10.8 Å². The minimum atomic E-state index is 0.147. The molecule has 0 aliphatic heterocycles. The highest BCUT2D eigenvalue weighted by Gasteiger charge is 2.43. The zero-order valence-corrected chi connectivity index (χ0v) is 15.2. The quantitative estimate of drug-likeness (QED) is 0.852. The number of benzene rings is 2. The van der Waals surface area contributed by atoms with Gasteiger partial charge in [-0.05, 0) is 53.4 Å². The minimum absolute atomic E-state index is 0.147. The Bertz CT molecular complexity index is 671. The zero-order chi connectivity index (χ0) is 17.2. The summed E-state index contributed by atoms with van der Waals surface area (Å²) in [6, 6.07) is 15.2. The van der Waals surface area contributed by atoms with Crippen LogP contribution in [0.4, 0.5) is 0 Å². The van der Waals surface area contributed by atoms with Crippen LogP contribution in [0.15, 0.2) is 42.5 Å². The molecule has 0 aromatic heterocycles. The van der Waals surface area contributed by atoms with Crippen LogP contribution >= 0.6 is 0 Å². The van der Waals surface area contributed by atoms with Gasteiger partial charge in [-0.2, -0.15) is 0 Å². The van der Waals surface area contributed by atoms with Gasteiger partial charge in [0.2, 0.25) is 0 Å². The van der Waals surface area contributed by atoms with Crippen LogP contribution in [0.2, 0.25) is 0 Å². The summed E-state index contributed by atoms with van der Waals surface area (Å²) in [4.78, 5) is 0. The lowest BCUT2D eigenvalue weighted by molar-refractivity contribution is -0.101. The van der Waals surface area contributed by atoms with Crippen molar-refractivity contribution in [3.63, 3.8) is 0 Å². The van der Waals surface area contributed by atoms with Gasteiger partial charge in [0.25, 0.3) is 0 Å². The lowest BCUT2D eigenvalue weighted by Gasteiger charge is -2.46. The molecule has 2 heteroatoms. The molecule has 0 bridgehead atoms. The molecule has 3 atom stereocenters. The SMILES string of the molecule is CO[C@@H]1[C@@H](CO)[C@H](CCc2cccc3ccccc23)CCC1(C)C. The molecule has 1 aliphatic carbocycles. The Kier molecular flexibility index (Phi) is 5.27. The molecular weight excluding hydrogens is 296 g/mol. The minimum Gasteiger partial charge on any atom is -0.396 e. The highest BCUT2D eigenvalue weighted by atomic mass is 16.5. The fourth-order valence-electron chi connectivity index (χ4n) is 4.69. The second-order valence-electron chi connectivity index (χ2n) is 7.97. The molecule has 1 N–H and O–H groups in total. The summed E-state index contributed by atoms with van der Waals surface area (Å²) in [6.45, 7) is 4.76. The number of aliphatic hydroxyl groups excluding tert-OH is 1. The lowest BCUT2D eigenvalue weighted by Crippen LogP contribution is -2.47. The molecule has 2 aromatic rings. The summed E-state index contributed by atoms with van der Waals surface area (Å²) in [5.41, 5.74) is 1.57. The van der Waals surface area contributed by atoms with Gasteiger partial charge in [-0.1, -0.05) is 56.3 Å². The molecule has 1 fully saturated rings. The standard InChI is InChI=1S/C22H30O2/c1-22(2)14-13-18(20(15-23)21(22)24-3)12-11-17-9-6-8-16-7-4-5-10-19(16)17/h4-10,18,20-21,23H,11-15H2,1-3H3/t18-,20+,21-/m1/s1. The lowest BCUT2D eigenvalue weighted by atomic mass is 9.64. The summed E-state index contributed by atoms with van der Waals surface area (Å²) in [6.07, 6.45) is 4.69. The van der Waals surface area contributed by atoms with Crippen molar-refractivity contribution < 1.29 is 9.84 Å². The molecule has 130 valence electrons. The summed E-state index contributed by atoms with van der Waals surface area (Å²) in [5, 5.41) is 12.7. The average Bonchev–Trinajstić information content (AvgIpc) is 2.59. The maximum atomic E-state index is 9.98. The predicted octanol–water partition coefficient (Wildman–Crippen LogP) is 4.83. The summed E-state index contributed by atoms with van der Waals surface area (Å²) in [5.74, 6) is 0.778. The molecule has 24 heavy (non-hydrogen) atoms. The topological polar surface area (TPSA) is 29.5 Å². The normalized spacial score (nSPS) is 26.6. The Morgan fingerprint density at radius 3 is 2.62 bits per heavy atom. The monoisotopic (exact) mass is 326 g/mol. The van der Waals surface area contributed by atoms with Crippen molar-refractivity contribution in [2.45, 2.75) is 45.6 Å². The fraction of sp³-hybridized carbons (Fsp3) is 0.545. The second kappa shape index (κ2) is 7.25. The second-order valence-corrected chi connectivity index (χ2v) is 7.97. The molecule has 0 amide bonds. The van der Waals surface area contributed by atoms with Gasteiger partial charge in [0, 0.05) is 19.6 Å². The highest BCUT2D eigenvalue weighted by Crippen LogP contribution is 2.45. The number of methoxy groups -OCH3 is 1. The Labute approximate surface area is 145 Å². The van der Waals surface area contributed by atoms with Crippen molar-refractivity contribution in [2.24, 2.45) is 17.3 Å². The van der Waals surface area contributed by atoms with E-state index in [1.54, 1.807) is 7.11 Å². The summed E-state index contributed by atoms with van der Waals surface area (Å²) < 4.78 is 5.80. The Balaban J connectivity index is 1.76. The molecule has 1 saturated carbocycles. The van der Waals surface area contributed by atoms with E-state index in [-0.39, 0.29) is 24.0 Å². The molecule has 0 unspecified atom stereocenters. The van der Waals surface area contributed by atoms with Gasteiger partial charge in [0.1, 0.15) is 0 Å². The first-order valence-corrected chi connectivity index (χ1v) is 9.17. The maximum Gasteiger partial charge on any atom is 0.0674 e. The van der Waals surface area contributed by atoms with E-state index in [0.29, 0.717) is 5.92 Å². The van der Waals surface area contributed by atoms with Crippen molar-refractivity contribution in [1.29, 1.82) is 0 Å². The van der Waals surface area contributed by atoms with Gasteiger partial charge in [-0.15, -0.1) is 0 Å². The Morgan fingerprint density at radius 1 is 1.12 bits per heavy atom. The molecule has 0 radical (unpaired) electrons. The van der Waals surface area contributed by atoms with E-state index in [1.807, 2.05) is 0 Å². The molecule has 3 rings (SSSR count). The van der Waals surface area contributed by atoms with E-state index in [2.05, 4.69) is 56.3 Å². The van der Waals surface area contributed by atoms with Gasteiger partial charge in [0.05, 0.1) is 6.10 Å². The van der Waals surface area contributed by atoms with E-state index in [0.717, 1.165) is 12.8 Å². The Hall–Kier alpha value is -1.38. The van der Waals surface area contributed by atoms with Crippen LogP contribution < -0.4 is 0 Å². The number of aliphatic hydroxyl groups is 1. The zero-order valence-electron chi connectivity index (χ0n) is 15.2. The molecular formula is C22H30O2. The number of aryl methyl sites for hydroxylation is 1. The third kappa shape index (κ3) is 3.36. The predicted molar refractivity (Wildman–Crippen MR) is 100 cm³/mol. The first-order chi connectivity index (χ1) is 11.6. The van der Waals surface area contributed by atoms with Gasteiger partial charge in [-0.25, -0.2) is 0 Å². The first kappa shape index (κ1) is 17.4. The van der Waals surface area contributed by atoms with Crippen molar-refractivity contribution in [2.75, 3.05) is 13.7 Å². The molecule has 2 nitrogen and oxygen atoms in total. The van der Waals surface area contributed by atoms with E-state index < -0.39 is 0 Å². The summed E-state index contributed by atoms with van der Waals surface area (Å²) in [7, 11) is 1.79. The molecule has 0 heterocycles. The van der Waals surface area contributed by atoms with Crippen LogP contribution in [0.1, 0.15) is 38.7 Å².